The summed E-state index contributed by atoms with van der Waals surface area (Å²) in [6.45, 7) is 2.98. The number of aromatic amines is 1. The van der Waals surface area contributed by atoms with Crippen molar-refractivity contribution < 1.29 is 4.79 Å². The lowest BCUT2D eigenvalue weighted by Crippen LogP contribution is -2.34. The minimum atomic E-state index is -0.489. The summed E-state index contributed by atoms with van der Waals surface area (Å²) in [6.07, 6.45) is 2.78. The van der Waals surface area contributed by atoms with Crippen LogP contribution < -0.4 is 16.6 Å². The van der Waals surface area contributed by atoms with Crippen molar-refractivity contribution in [1.82, 2.24) is 24.3 Å². The maximum absolute atomic E-state index is 12.7. The number of nitrogens with zero attached hydrogens (tertiary/aromatic N) is 4. The molecule has 9 heteroatoms. The maximum Gasteiger partial charge on any atom is 0.328 e. The lowest BCUT2D eigenvalue weighted by atomic mass is 10.1. The molecule has 1 amide bonds. The van der Waals surface area contributed by atoms with Crippen molar-refractivity contribution in [3.63, 3.8) is 0 Å². The summed E-state index contributed by atoms with van der Waals surface area (Å²) in [5.41, 5.74) is 1.57. The molecule has 0 spiro atoms. The summed E-state index contributed by atoms with van der Waals surface area (Å²) in [4.78, 5) is 39.8. The van der Waals surface area contributed by atoms with Crippen LogP contribution >= 0.6 is 0 Å². The first-order valence-corrected chi connectivity index (χ1v) is 10.6. The van der Waals surface area contributed by atoms with Gasteiger partial charge in [-0.05, 0) is 49.2 Å². The third-order valence-corrected chi connectivity index (χ3v) is 5.82. The standard InChI is InChI=1S/C23H22N6O3/c1-2-28-22(31)17-10-7-15(13-18(17)25-23(28)32)21(30)24-16-8-5-14(6-9-16)12-20-27-26-19-4-3-11-29(19)20/h5-10,13H,2-4,11-12H2,1H3,(H,24,30)(H,25,32). The van der Waals surface area contributed by atoms with Gasteiger partial charge in [-0.15, -0.1) is 10.2 Å². The average Bonchev–Trinajstić information content (AvgIpc) is 3.40. The van der Waals surface area contributed by atoms with Gasteiger partial charge in [-0.1, -0.05) is 12.1 Å². The number of hydrogen-bond donors (Lipinski definition) is 2. The molecule has 0 unspecified atom stereocenters. The first-order chi connectivity index (χ1) is 15.5. The Bertz CT molecular complexity index is 1450. The highest BCUT2D eigenvalue weighted by atomic mass is 16.2. The summed E-state index contributed by atoms with van der Waals surface area (Å²) in [6, 6.07) is 12.3. The third kappa shape index (κ3) is 3.51. The molecule has 2 aromatic carbocycles. The minimum Gasteiger partial charge on any atom is -0.322 e. The van der Waals surface area contributed by atoms with Crippen LogP contribution in [0.25, 0.3) is 10.9 Å². The van der Waals surface area contributed by atoms with Gasteiger partial charge >= 0.3 is 5.69 Å². The van der Waals surface area contributed by atoms with Gasteiger partial charge in [0.1, 0.15) is 11.6 Å². The number of rotatable bonds is 5. The lowest BCUT2D eigenvalue weighted by Gasteiger charge is -2.08. The molecule has 0 fully saturated rings. The number of fused-ring (bicyclic) bond motifs is 2. The van der Waals surface area contributed by atoms with Crippen molar-refractivity contribution in [2.75, 3.05) is 5.32 Å². The number of carbonyl (C=O) groups is 1. The van der Waals surface area contributed by atoms with Crippen molar-refractivity contribution in [2.45, 2.75) is 39.3 Å². The van der Waals surface area contributed by atoms with Crippen LogP contribution in [0.3, 0.4) is 0 Å². The predicted molar refractivity (Wildman–Crippen MR) is 120 cm³/mol. The second-order valence-electron chi connectivity index (χ2n) is 7.86. The molecule has 32 heavy (non-hydrogen) atoms. The van der Waals surface area contributed by atoms with E-state index in [9.17, 15) is 14.4 Å². The molecule has 4 aromatic rings. The average molecular weight is 430 g/mol. The molecule has 162 valence electrons. The summed E-state index contributed by atoms with van der Waals surface area (Å²) in [5, 5.41) is 11.7. The van der Waals surface area contributed by atoms with Crippen LogP contribution in [0, 0.1) is 0 Å². The molecule has 0 bridgehead atoms. The summed E-state index contributed by atoms with van der Waals surface area (Å²) in [7, 11) is 0. The maximum atomic E-state index is 12.7. The van der Waals surface area contributed by atoms with Crippen LogP contribution in [0.15, 0.2) is 52.1 Å². The molecule has 1 aliphatic heterocycles. The Hall–Kier alpha value is -4.01. The van der Waals surface area contributed by atoms with Gasteiger partial charge in [0, 0.05) is 37.2 Å². The topological polar surface area (TPSA) is 115 Å². The Labute approximate surface area is 182 Å². The van der Waals surface area contributed by atoms with Gasteiger partial charge in [0.25, 0.3) is 11.5 Å². The zero-order valence-corrected chi connectivity index (χ0v) is 17.6. The number of benzene rings is 2. The van der Waals surface area contributed by atoms with E-state index in [1.165, 1.54) is 6.07 Å². The van der Waals surface area contributed by atoms with Crippen molar-refractivity contribution in [2.24, 2.45) is 0 Å². The molecule has 0 aliphatic carbocycles. The van der Waals surface area contributed by atoms with Crippen LogP contribution in [0.5, 0.6) is 0 Å². The van der Waals surface area contributed by atoms with Crippen molar-refractivity contribution in [3.8, 4) is 0 Å². The van der Waals surface area contributed by atoms with Gasteiger partial charge in [0.15, 0.2) is 0 Å². The number of nitrogens with one attached hydrogen (secondary N) is 2. The quantitative estimate of drug-likeness (QED) is 0.503. The van der Waals surface area contributed by atoms with E-state index in [2.05, 4.69) is 25.1 Å². The van der Waals surface area contributed by atoms with E-state index in [4.69, 9.17) is 0 Å². The molecule has 9 nitrogen and oxygen atoms in total. The van der Waals surface area contributed by atoms with Gasteiger partial charge in [-0.25, -0.2) is 4.79 Å². The first kappa shape index (κ1) is 19.9. The number of H-pyrrole nitrogens is 1. The number of amides is 1. The van der Waals surface area contributed by atoms with Crippen LogP contribution in [0.1, 0.15) is 40.9 Å². The fourth-order valence-electron chi connectivity index (χ4n) is 4.12. The fourth-order valence-corrected chi connectivity index (χ4v) is 4.12. The van der Waals surface area contributed by atoms with Gasteiger partial charge < -0.3 is 14.9 Å². The normalized spacial score (nSPS) is 12.8. The molecule has 0 atom stereocenters. The molecule has 0 saturated carbocycles. The molecule has 3 heterocycles. The number of aromatic nitrogens is 5. The molecular weight excluding hydrogens is 408 g/mol. The SMILES string of the molecule is CCn1c(=O)[nH]c2cc(C(=O)Nc3ccc(Cc4nnc5n4CCC5)cc3)ccc2c1=O. The Morgan fingerprint density at radius 2 is 1.94 bits per heavy atom. The molecule has 1 aliphatic rings. The van der Waals surface area contributed by atoms with E-state index in [-0.39, 0.29) is 18.0 Å². The van der Waals surface area contributed by atoms with Crippen LogP contribution in [0.4, 0.5) is 5.69 Å². The number of carbonyl (C=O) groups excluding carboxylic acids is 1. The molecule has 5 rings (SSSR count). The predicted octanol–water partition coefficient (Wildman–Crippen LogP) is 2.09. The van der Waals surface area contributed by atoms with E-state index >= 15 is 0 Å². The van der Waals surface area contributed by atoms with Crippen molar-refractivity contribution >= 4 is 22.5 Å². The minimum absolute atomic E-state index is 0.280. The second kappa shape index (κ2) is 7.92. The Balaban J connectivity index is 1.32. The van der Waals surface area contributed by atoms with Crippen molar-refractivity contribution in [1.29, 1.82) is 0 Å². The van der Waals surface area contributed by atoms with Gasteiger partial charge in [-0.2, -0.15) is 0 Å². The fraction of sp³-hybridized carbons (Fsp3) is 0.261. The van der Waals surface area contributed by atoms with E-state index in [0.717, 1.165) is 41.2 Å². The highest BCUT2D eigenvalue weighted by Crippen LogP contribution is 2.19. The zero-order valence-electron chi connectivity index (χ0n) is 17.6. The van der Waals surface area contributed by atoms with Crippen LogP contribution in [-0.2, 0) is 25.9 Å². The van der Waals surface area contributed by atoms with E-state index in [1.54, 1.807) is 19.1 Å². The van der Waals surface area contributed by atoms with Crippen molar-refractivity contribution in [3.05, 3.63) is 86.1 Å². The number of hydrogen-bond acceptors (Lipinski definition) is 5. The first-order valence-electron chi connectivity index (χ1n) is 10.6. The molecule has 2 N–H and O–H groups in total. The monoisotopic (exact) mass is 430 g/mol. The lowest BCUT2D eigenvalue weighted by molar-refractivity contribution is 0.102. The largest absolute Gasteiger partial charge is 0.328 e. The second-order valence-corrected chi connectivity index (χ2v) is 7.86. The molecule has 0 radical (unpaired) electrons. The number of aryl methyl sites for hydroxylation is 1. The Morgan fingerprint density at radius 3 is 2.72 bits per heavy atom. The zero-order chi connectivity index (χ0) is 22.2. The van der Waals surface area contributed by atoms with Gasteiger partial charge in [0.2, 0.25) is 0 Å². The molecule has 0 saturated heterocycles. The summed E-state index contributed by atoms with van der Waals surface area (Å²) < 4.78 is 3.30. The van der Waals surface area contributed by atoms with E-state index in [0.29, 0.717) is 28.6 Å². The van der Waals surface area contributed by atoms with Gasteiger partial charge in [-0.3, -0.25) is 14.2 Å². The highest BCUT2D eigenvalue weighted by Gasteiger charge is 2.17. The Kier molecular flexibility index (Phi) is 4.93. The van der Waals surface area contributed by atoms with Gasteiger partial charge in [0.05, 0.1) is 10.9 Å². The highest BCUT2D eigenvalue weighted by molar-refractivity contribution is 6.06. The molecular formula is C23H22N6O3. The smallest absolute Gasteiger partial charge is 0.322 e. The number of anilines is 1. The van der Waals surface area contributed by atoms with Crippen LogP contribution in [0.2, 0.25) is 0 Å². The summed E-state index contributed by atoms with van der Waals surface area (Å²) >= 11 is 0. The van der Waals surface area contributed by atoms with E-state index < -0.39 is 5.69 Å². The molecule has 2 aromatic heterocycles. The van der Waals surface area contributed by atoms with Crippen LogP contribution in [-0.4, -0.2) is 30.2 Å². The Morgan fingerprint density at radius 1 is 1.12 bits per heavy atom. The third-order valence-electron chi connectivity index (χ3n) is 5.82. The summed E-state index contributed by atoms with van der Waals surface area (Å²) in [5.74, 6) is 1.69. The van der Waals surface area contributed by atoms with E-state index in [1.807, 2.05) is 24.3 Å².